The number of aryl methyl sites for hydroxylation is 1. The summed E-state index contributed by atoms with van der Waals surface area (Å²) >= 11 is 0. The summed E-state index contributed by atoms with van der Waals surface area (Å²) in [5.41, 5.74) is 0.718. The van der Waals surface area contributed by atoms with Crippen molar-refractivity contribution in [1.29, 1.82) is 0 Å². The predicted molar refractivity (Wildman–Crippen MR) is 67.9 cm³/mol. The average molecular weight is 264 g/mol. The van der Waals surface area contributed by atoms with E-state index in [4.69, 9.17) is 5.11 Å². The van der Waals surface area contributed by atoms with E-state index in [0.717, 1.165) is 6.08 Å². The molecule has 0 unspecified atom stereocenters. The van der Waals surface area contributed by atoms with E-state index in [-0.39, 0.29) is 11.4 Å². The standard InChI is InChI=1S/C12H12N2O5/c1-2-8-3-4-9(7-10(8)14(18)19)13-11(15)5-6-12(16)17/h3-7H,2H2,1H3,(H,13,15)(H,16,17)/b6-5-. The minimum atomic E-state index is -1.25. The van der Waals surface area contributed by atoms with E-state index in [1.54, 1.807) is 13.0 Å². The van der Waals surface area contributed by atoms with E-state index < -0.39 is 16.8 Å². The average Bonchev–Trinajstić information content (AvgIpc) is 2.36. The highest BCUT2D eigenvalue weighted by Crippen LogP contribution is 2.23. The molecule has 7 heteroatoms. The first-order valence-electron chi connectivity index (χ1n) is 5.43. The number of rotatable bonds is 5. The number of carbonyl (C=O) groups excluding carboxylic acids is 1. The maximum absolute atomic E-state index is 11.3. The Kier molecular flexibility index (Phi) is 4.76. The van der Waals surface area contributed by atoms with Crippen LogP contribution in [0.1, 0.15) is 12.5 Å². The zero-order valence-electron chi connectivity index (χ0n) is 10.1. The van der Waals surface area contributed by atoms with E-state index in [1.807, 2.05) is 0 Å². The first kappa shape index (κ1) is 14.4. The second-order valence-corrected chi connectivity index (χ2v) is 3.61. The molecule has 0 aliphatic heterocycles. The SMILES string of the molecule is CCc1ccc(NC(=O)/C=C\C(=O)O)cc1[N+](=O)[O-]. The van der Waals surface area contributed by atoms with Crippen LogP contribution in [0, 0.1) is 10.1 Å². The molecule has 0 aliphatic rings. The fraction of sp³-hybridized carbons (Fsp3) is 0.167. The van der Waals surface area contributed by atoms with Crippen molar-refractivity contribution in [2.75, 3.05) is 5.32 Å². The number of nitro groups is 1. The molecule has 1 amide bonds. The molecule has 0 saturated heterocycles. The summed E-state index contributed by atoms with van der Waals surface area (Å²) in [4.78, 5) is 31.9. The number of nitrogens with zero attached hydrogens (tertiary/aromatic N) is 1. The number of nitrogens with one attached hydrogen (secondary N) is 1. The van der Waals surface area contributed by atoms with Gasteiger partial charge in [-0.3, -0.25) is 14.9 Å². The number of hydrogen-bond acceptors (Lipinski definition) is 4. The molecule has 0 heterocycles. The zero-order chi connectivity index (χ0) is 14.4. The molecule has 0 bridgehead atoms. The lowest BCUT2D eigenvalue weighted by atomic mass is 10.1. The number of carboxylic acids is 1. The number of aliphatic carboxylic acids is 1. The maximum Gasteiger partial charge on any atom is 0.328 e. The number of anilines is 1. The summed E-state index contributed by atoms with van der Waals surface area (Å²) in [7, 11) is 0. The summed E-state index contributed by atoms with van der Waals surface area (Å²) in [5.74, 6) is -1.91. The van der Waals surface area contributed by atoms with Crippen LogP contribution in [0.25, 0.3) is 0 Å². The first-order valence-corrected chi connectivity index (χ1v) is 5.43. The third-order valence-corrected chi connectivity index (χ3v) is 2.31. The van der Waals surface area contributed by atoms with Crippen LogP contribution in [0.2, 0.25) is 0 Å². The summed E-state index contributed by atoms with van der Waals surface area (Å²) in [6.07, 6.45) is 2.02. The summed E-state index contributed by atoms with van der Waals surface area (Å²) in [6, 6.07) is 4.32. The van der Waals surface area contributed by atoms with Crippen molar-refractivity contribution in [3.05, 3.63) is 46.0 Å². The third kappa shape index (κ3) is 4.23. The zero-order valence-corrected chi connectivity index (χ0v) is 10.1. The summed E-state index contributed by atoms with van der Waals surface area (Å²) < 4.78 is 0. The van der Waals surface area contributed by atoms with Gasteiger partial charge in [-0.25, -0.2) is 4.79 Å². The first-order chi connectivity index (χ1) is 8.93. The lowest BCUT2D eigenvalue weighted by Gasteiger charge is -2.04. The molecule has 1 aromatic rings. The topological polar surface area (TPSA) is 110 Å². The van der Waals surface area contributed by atoms with E-state index in [2.05, 4.69) is 5.32 Å². The molecule has 0 spiro atoms. The normalized spacial score (nSPS) is 10.4. The number of nitro benzene ring substituents is 1. The summed E-state index contributed by atoms with van der Waals surface area (Å²) in [6.45, 7) is 1.79. The molecule has 0 saturated carbocycles. The molecule has 0 atom stereocenters. The molecule has 2 N–H and O–H groups in total. The minimum absolute atomic E-state index is 0.0810. The van der Waals surface area contributed by atoms with Gasteiger partial charge in [0.1, 0.15) is 0 Å². The molecule has 100 valence electrons. The molecule has 19 heavy (non-hydrogen) atoms. The third-order valence-electron chi connectivity index (χ3n) is 2.31. The van der Waals surface area contributed by atoms with Crippen LogP contribution in [0.3, 0.4) is 0 Å². The molecule has 7 nitrogen and oxygen atoms in total. The van der Waals surface area contributed by atoms with Crippen LogP contribution in [0.5, 0.6) is 0 Å². The Balaban J connectivity index is 2.91. The maximum atomic E-state index is 11.3. The van der Waals surface area contributed by atoms with Crippen LogP contribution in [0.4, 0.5) is 11.4 Å². The van der Waals surface area contributed by atoms with Gasteiger partial charge in [0, 0.05) is 29.5 Å². The van der Waals surface area contributed by atoms with E-state index in [0.29, 0.717) is 18.1 Å². The van der Waals surface area contributed by atoms with Crippen LogP contribution in [-0.2, 0) is 16.0 Å². The Hall–Kier alpha value is -2.70. The number of amides is 1. The van der Waals surface area contributed by atoms with Gasteiger partial charge in [0.05, 0.1) is 4.92 Å². The number of benzene rings is 1. The van der Waals surface area contributed by atoms with Gasteiger partial charge in [0.2, 0.25) is 5.91 Å². The lowest BCUT2D eigenvalue weighted by molar-refractivity contribution is -0.385. The molecule has 1 rings (SSSR count). The van der Waals surface area contributed by atoms with Crippen LogP contribution in [-0.4, -0.2) is 21.9 Å². The van der Waals surface area contributed by atoms with Crippen molar-refractivity contribution in [2.45, 2.75) is 13.3 Å². The second-order valence-electron chi connectivity index (χ2n) is 3.61. The van der Waals surface area contributed by atoms with Gasteiger partial charge in [-0.15, -0.1) is 0 Å². The van der Waals surface area contributed by atoms with Crippen molar-refractivity contribution in [1.82, 2.24) is 0 Å². The van der Waals surface area contributed by atoms with Gasteiger partial charge < -0.3 is 10.4 Å². The van der Waals surface area contributed by atoms with Gasteiger partial charge in [-0.05, 0) is 12.5 Å². The van der Waals surface area contributed by atoms with Crippen molar-refractivity contribution >= 4 is 23.3 Å². The fourth-order valence-electron chi connectivity index (χ4n) is 1.44. The lowest BCUT2D eigenvalue weighted by Crippen LogP contribution is -2.09. The molecular weight excluding hydrogens is 252 g/mol. The largest absolute Gasteiger partial charge is 0.478 e. The Morgan fingerprint density at radius 3 is 2.63 bits per heavy atom. The molecule has 0 aromatic heterocycles. The number of hydrogen-bond donors (Lipinski definition) is 2. The van der Waals surface area contributed by atoms with E-state index >= 15 is 0 Å². The highest BCUT2D eigenvalue weighted by molar-refractivity contribution is 6.02. The van der Waals surface area contributed by atoms with Gasteiger partial charge in [-0.1, -0.05) is 13.0 Å². The van der Waals surface area contributed by atoms with Crippen LogP contribution >= 0.6 is 0 Å². The monoisotopic (exact) mass is 264 g/mol. The quantitative estimate of drug-likeness (QED) is 0.478. The minimum Gasteiger partial charge on any atom is -0.478 e. The number of carboxylic acid groups (broad SMARTS) is 1. The van der Waals surface area contributed by atoms with Gasteiger partial charge in [0.25, 0.3) is 5.69 Å². The molecular formula is C12H12N2O5. The Bertz CT molecular complexity index is 551. The van der Waals surface area contributed by atoms with Gasteiger partial charge >= 0.3 is 5.97 Å². The molecule has 0 fully saturated rings. The second kappa shape index (κ2) is 6.29. The summed E-state index contributed by atoms with van der Waals surface area (Å²) in [5, 5.41) is 21.5. The molecule has 0 radical (unpaired) electrons. The predicted octanol–water partition coefficient (Wildman–Crippen LogP) is 1.74. The van der Waals surface area contributed by atoms with Crippen molar-refractivity contribution < 1.29 is 19.6 Å². The van der Waals surface area contributed by atoms with E-state index in [1.165, 1.54) is 12.1 Å². The number of carbonyl (C=O) groups is 2. The smallest absolute Gasteiger partial charge is 0.328 e. The van der Waals surface area contributed by atoms with Crippen molar-refractivity contribution in [3.63, 3.8) is 0 Å². The van der Waals surface area contributed by atoms with Crippen LogP contribution in [0.15, 0.2) is 30.4 Å². The van der Waals surface area contributed by atoms with Gasteiger partial charge in [-0.2, -0.15) is 0 Å². The Morgan fingerprint density at radius 2 is 2.11 bits per heavy atom. The van der Waals surface area contributed by atoms with Crippen molar-refractivity contribution in [3.8, 4) is 0 Å². The van der Waals surface area contributed by atoms with Gasteiger partial charge in [0.15, 0.2) is 0 Å². The van der Waals surface area contributed by atoms with Crippen LogP contribution < -0.4 is 5.32 Å². The fourth-order valence-corrected chi connectivity index (χ4v) is 1.44. The highest BCUT2D eigenvalue weighted by atomic mass is 16.6. The Morgan fingerprint density at radius 1 is 1.42 bits per heavy atom. The van der Waals surface area contributed by atoms with Crippen molar-refractivity contribution in [2.24, 2.45) is 0 Å². The molecule has 0 aliphatic carbocycles. The Labute approximate surface area is 108 Å². The highest BCUT2D eigenvalue weighted by Gasteiger charge is 2.13. The van der Waals surface area contributed by atoms with E-state index in [9.17, 15) is 19.7 Å². The molecule has 1 aromatic carbocycles.